The van der Waals surface area contributed by atoms with Crippen LogP contribution in [0.1, 0.15) is 11.1 Å². The summed E-state index contributed by atoms with van der Waals surface area (Å²) in [5, 5.41) is 0. The van der Waals surface area contributed by atoms with Crippen molar-refractivity contribution in [3.63, 3.8) is 0 Å². The number of hydrogen-bond acceptors (Lipinski definition) is 5. The van der Waals surface area contributed by atoms with Gasteiger partial charge in [0.1, 0.15) is 11.5 Å². The Hall–Kier alpha value is -2.57. The molecule has 0 aromatic heterocycles. The van der Waals surface area contributed by atoms with Crippen molar-refractivity contribution in [2.75, 3.05) is 54.0 Å². The highest BCUT2D eigenvalue weighted by atomic mass is 16.5. The maximum absolute atomic E-state index is 12.6. The van der Waals surface area contributed by atoms with E-state index < -0.39 is 0 Å². The van der Waals surface area contributed by atoms with Crippen LogP contribution >= 0.6 is 0 Å². The number of amides is 1. The van der Waals surface area contributed by atoms with Crippen LogP contribution in [0.15, 0.2) is 48.5 Å². The Bertz CT molecular complexity index is 769. The van der Waals surface area contributed by atoms with Crippen LogP contribution in [0.2, 0.25) is 0 Å². The van der Waals surface area contributed by atoms with Crippen molar-refractivity contribution in [3.05, 3.63) is 59.7 Å². The van der Waals surface area contributed by atoms with Crippen molar-refractivity contribution in [1.29, 1.82) is 0 Å². The van der Waals surface area contributed by atoms with E-state index in [0.29, 0.717) is 13.1 Å². The normalized spacial score (nSPS) is 15.1. The Morgan fingerprint density at radius 3 is 1.83 bits per heavy atom. The molecule has 29 heavy (non-hydrogen) atoms. The van der Waals surface area contributed by atoms with Crippen LogP contribution in [0.4, 0.5) is 0 Å². The van der Waals surface area contributed by atoms with Gasteiger partial charge in [-0.25, -0.2) is 0 Å². The van der Waals surface area contributed by atoms with Crippen LogP contribution < -0.4 is 9.47 Å². The minimum atomic E-state index is 0.157. The first-order chi connectivity index (χ1) is 14.1. The van der Waals surface area contributed by atoms with Crippen molar-refractivity contribution >= 4 is 5.91 Å². The summed E-state index contributed by atoms with van der Waals surface area (Å²) in [6, 6.07) is 16.1. The number of carbonyl (C=O) groups excluding carboxylic acids is 1. The average molecular weight is 398 g/mol. The van der Waals surface area contributed by atoms with E-state index in [-0.39, 0.29) is 5.91 Å². The number of nitrogens with zero attached hydrogens (tertiary/aromatic N) is 3. The molecule has 2 aromatic rings. The van der Waals surface area contributed by atoms with E-state index >= 15 is 0 Å². The van der Waals surface area contributed by atoms with Gasteiger partial charge in [0, 0.05) is 46.3 Å². The van der Waals surface area contributed by atoms with E-state index in [0.717, 1.165) is 49.8 Å². The lowest BCUT2D eigenvalue weighted by molar-refractivity contribution is -0.132. The first kappa shape index (κ1) is 21.1. The van der Waals surface area contributed by atoms with Gasteiger partial charge in [-0.15, -0.1) is 0 Å². The molecule has 6 heteroatoms. The van der Waals surface area contributed by atoms with Gasteiger partial charge in [-0.1, -0.05) is 24.3 Å². The fraction of sp³-hybridized carbons (Fsp3) is 0.435. The molecular formula is C23H31N3O3. The summed E-state index contributed by atoms with van der Waals surface area (Å²) in [7, 11) is 5.21. The summed E-state index contributed by atoms with van der Waals surface area (Å²) in [6.07, 6.45) is 0. The monoisotopic (exact) mass is 397 g/mol. The molecule has 1 heterocycles. The molecule has 156 valence electrons. The molecule has 0 spiro atoms. The molecule has 0 unspecified atom stereocenters. The minimum absolute atomic E-state index is 0.157. The number of piperazine rings is 1. The Labute approximate surface area is 173 Å². The molecule has 2 aromatic carbocycles. The Morgan fingerprint density at radius 1 is 0.828 bits per heavy atom. The van der Waals surface area contributed by atoms with Crippen LogP contribution in [0.5, 0.6) is 11.5 Å². The second-order valence-electron chi connectivity index (χ2n) is 7.50. The summed E-state index contributed by atoms with van der Waals surface area (Å²) in [6.45, 7) is 5.80. The molecule has 0 atom stereocenters. The third-order valence-corrected chi connectivity index (χ3v) is 5.39. The van der Waals surface area contributed by atoms with Crippen LogP contribution in [-0.4, -0.2) is 74.6 Å². The molecule has 0 aliphatic carbocycles. The van der Waals surface area contributed by atoms with E-state index in [1.807, 2.05) is 43.4 Å². The summed E-state index contributed by atoms with van der Waals surface area (Å²) in [5.41, 5.74) is 2.39. The zero-order valence-electron chi connectivity index (χ0n) is 17.6. The quantitative estimate of drug-likeness (QED) is 0.685. The van der Waals surface area contributed by atoms with Gasteiger partial charge < -0.3 is 14.4 Å². The zero-order chi connectivity index (χ0) is 20.6. The zero-order valence-corrected chi connectivity index (χ0v) is 17.6. The van der Waals surface area contributed by atoms with Gasteiger partial charge in [0.25, 0.3) is 0 Å². The van der Waals surface area contributed by atoms with Crippen LogP contribution in [0.25, 0.3) is 0 Å². The fourth-order valence-corrected chi connectivity index (χ4v) is 3.50. The number of rotatable bonds is 8. The molecule has 1 amide bonds. The molecule has 0 bridgehead atoms. The standard InChI is InChI=1S/C23H31N3O3/c1-24(16-19-4-8-21(28-2)9-5-19)23(27)18-26-14-12-25(13-15-26)17-20-6-10-22(29-3)11-7-20/h4-11H,12-18H2,1-3H3. The SMILES string of the molecule is COc1ccc(CN2CCN(CC(=O)N(C)Cc3ccc(OC)cc3)CC2)cc1. The first-order valence-corrected chi connectivity index (χ1v) is 10.0. The maximum atomic E-state index is 12.6. The van der Waals surface area contributed by atoms with Crippen molar-refractivity contribution in [1.82, 2.24) is 14.7 Å². The topological polar surface area (TPSA) is 45.2 Å². The minimum Gasteiger partial charge on any atom is -0.497 e. The number of hydrogen-bond donors (Lipinski definition) is 0. The van der Waals surface area contributed by atoms with Gasteiger partial charge in [-0.05, 0) is 35.4 Å². The van der Waals surface area contributed by atoms with E-state index in [2.05, 4.69) is 21.9 Å². The molecule has 0 N–H and O–H groups in total. The van der Waals surface area contributed by atoms with Crippen LogP contribution in [0.3, 0.4) is 0 Å². The van der Waals surface area contributed by atoms with Crippen molar-refractivity contribution in [3.8, 4) is 11.5 Å². The summed E-state index contributed by atoms with van der Waals surface area (Å²) in [5.74, 6) is 1.87. The predicted molar refractivity (Wildman–Crippen MR) is 114 cm³/mol. The lowest BCUT2D eigenvalue weighted by atomic mass is 10.2. The molecule has 3 rings (SSSR count). The van der Waals surface area contributed by atoms with Gasteiger partial charge in [-0.3, -0.25) is 14.6 Å². The number of methoxy groups -OCH3 is 2. The Balaban J connectivity index is 1.41. The van der Waals surface area contributed by atoms with Crippen LogP contribution in [0, 0.1) is 0 Å². The van der Waals surface area contributed by atoms with E-state index in [1.54, 1.807) is 19.1 Å². The molecule has 1 aliphatic heterocycles. The molecule has 1 fully saturated rings. The number of likely N-dealkylation sites (N-methyl/N-ethyl adjacent to an activating group) is 1. The molecule has 0 saturated carbocycles. The smallest absolute Gasteiger partial charge is 0.236 e. The van der Waals surface area contributed by atoms with Gasteiger partial charge in [0.2, 0.25) is 5.91 Å². The van der Waals surface area contributed by atoms with Crippen molar-refractivity contribution < 1.29 is 14.3 Å². The molecule has 1 aliphatic rings. The van der Waals surface area contributed by atoms with Crippen LogP contribution in [-0.2, 0) is 17.9 Å². The Morgan fingerprint density at radius 2 is 1.31 bits per heavy atom. The molecule has 1 saturated heterocycles. The van der Waals surface area contributed by atoms with E-state index in [9.17, 15) is 4.79 Å². The fourth-order valence-electron chi connectivity index (χ4n) is 3.50. The Kier molecular flexibility index (Phi) is 7.49. The first-order valence-electron chi connectivity index (χ1n) is 10.0. The number of ether oxygens (including phenoxy) is 2. The van der Waals surface area contributed by atoms with E-state index in [1.165, 1.54) is 5.56 Å². The van der Waals surface area contributed by atoms with Crippen molar-refractivity contribution in [2.45, 2.75) is 13.1 Å². The summed E-state index contributed by atoms with van der Waals surface area (Å²) >= 11 is 0. The summed E-state index contributed by atoms with van der Waals surface area (Å²) in [4.78, 5) is 19.1. The molecule has 6 nitrogen and oxygen atoms in total. The highest BCUT2D eigenvalue weighted by Gasteiger charge is 2.20. The molecular weight excluding hydrogens is 366 g/mol. The third kappa shape index (κ3) is 6.21. The second-order valence-corrected chi connectivity index (χ2v) is 7.50. The third-order valence-electron chi connectivity index (χ3n) is 5.39. The average Bonchev–Trinajstić information content (AvgIpc) is 2.76. The van der Waals surface area contributed by atoms with Gasteiger partial charge >= 0.3 is 0 Å². The lowest BCUT2D eigenvalue weighted by Gasteiger charge is -2.35. The highest BCUT2D eigenvalue weighted by Crippen LogP contribution is 2.15. The highest BCUT2D eigenvalue weighted by molar-refractivity contribution is 5.78. The largest absolute Gasteiger partial charge is 0.497 e. The van der Waals surface area contributed by atoms with Gasteiger partial charge in [0.15, 0.2) is 0 Å². The van der Waals surface area contributed by atoms with Gasteiger partial charge in [0.05, 0.1) is 20.8 Å². The summed E-state index contributed by atoms with van der Waals surface area (Å²) < 4.78 is 10.4. The van der Waals surface area contributed by atoms with Gasteiger partial charge in [-0.2, -0.15) is 0 Å². The lowest BCUT2D eigenvalue weighted by Crippen LogP contribution is -2.49. The second kappa shape index (κ2) is 10.3. The van der Waals surface area contributed by atoms with Crippen molar-refractivity contribution in [2.24, 2.45) is 0 Å². The number of carbonyl (C=O) groups is 1. The van der Waals surface area contributed by atoms with E-state index in [4.69, 9.17) is 9.47 Å². The predicted octanol–water partition coefficient (Wildman–Crippen LogP) is 2.48. The molecule has 0 radical (unpaired) electrons. The maximum Gasteiger partial charge on any atom is 0.236 e. The number of benzene rings is 2.